The molecule has 0 amide bonds. The zero-order valence-electron chi connectivity index (χ0n) is 11.5. The molecule has 1 aromatic carbocycles. The molecule has 1 saturated heterocycles. The summed E-state index contributed by atoms with van der Waals surface area (Å²) in [6, 6.07) is 8.66. The van der Waals surface area contributed by atoms with Gasteiger partial charge in [0, 0.05) is 6.42 Å². The van der Waals surface area contributed by atoms with E-state index in [2.05, 4.69) is 0 Å². The fraction of sp³-hybridized carbons (Fsp3) is 0.533. The summed E-state index contributed by atoms with van der Waals surface area (Å²) in [6.45, 7) is 3.52. The van der Waals surface area contributed by atoms with E-state index in [1.807, 2.05) is 6.07 Å². The third kappa shape index (κ3) is 1.57. The van der Waals surface area contributed by atoms with Crippen molar-refractivity contribution in [1.29, 1.82) is 0 Å². The molecule has 108 valence electrons. The molecule has 3 rings (SSSR count). The Hall–Kier alpha value is -1.43. The Morgan fingerprint density at radius 1 is 1.35 bits per heavy atom. The van der Waals surface area contributed by atoms with E-state index < -0.39 is 28.9 Å². The second-order valence-electron chi connectivity index (χ2n) is 6.04. The van der Waals surface area contributed by atoms with Crippen molar-refractivity contribution < 1.29 is 24.5 Å². The topological polar surface area (TPSA) is 76.0 Å². The minimum Gasteiger partial charge on any atom is -0.459 e. The summed E-state index contributed by atoms with van der Waals surface area (Å²) in [7, 11) is 0. The molecule has 1 aliphatic heterocycles. The summed E-state index contributed by atoms with van der Waals surface area (Å²) < 4.78 is 10.6. The van der Waals surface area contributed by atoms with Gasteiger partial charge in [0.1, 0.15) is 12.2 Å². The minimum absolute atomic E-state index is 0.0222. The molecular formula is C15H18O5. The summed E-state index contributed by atoms with van der Waals surface area (Å²) in [5, 5.41) is 20.5. The maximum atomic E-state index is 11.8. The van der Waals surface area contributed by atoms with E-state index in [0.29, 0.717) is 5.56 Å². The fourth-order valence-electron chi connectivity index (χ4n) is 3.05. The van der Waals surface area contributed by atoms with Crippen LogP contribution in [0.3, 0.4) is 0 Å². The fourth-order valence-corrected chi connectivity index (χ4v) is 3.05. The van der Waals surface area contributed by atoms with E-state index in [4.69, 9.17) is 9.47 Å². The first-order chi connectivity index (χ1) is 9.32. The average Bonchev–Trinajstić information content (AvgIpc) is 2.67. The highest BCUT2D eigenvalue weighted by atomic mass is 16.7. The van der Waals surface area contributed by atoms with E-state index in [1.165, 1.54) is 0 Å². The van der Waals surface area contributed by atoms with Crippen molar-refractivity contribution >= 4 is 5.97 Å². The highest BCUT2D eigenvalue weighted by Crippen LogP contribution is 2.71. The van der Waals surface area contributed by atoms with Crippen LogP contribution in [0.25, 0.3) is 0 Å². The lowest BCUT2D eigenvalue weighted by atomic mass is 10.0. The van der Waals surface area contributed by atoms with Crippen LogP contribution in [0.2, 0.25) is 0 Å². The van der Waals surface area contributed by atoms with Crippen molar-refractivity contribution in [3.8, 4) is 0 Å². The van der Waals surface area contributed by atoms with Crippen LogP contribution < -0.4 is 0 Å². The van der Waals surface area contributed by atoms with Gasteiger partial charge in [-0.15, -0.1) is 0 Å². The third-order valence-corrected chi connectivity index (χ3v) is 4.65. The van der Waals surface area contributed by atoms with Gasteiger partial charge in [0.05, 0.1) is 17.1 Å². The van der Waals surface area contributed by atoms with Crippen molar-refractivity contribution in [2.24, 2.45) is 5.41 Å². The predicted molar refractivity (Wildman–Crippen MR) is 69.9 cm³/mol. The van der Waals surface area contributed by atoms with E-state index >= 15 is 0 Å². The lowest BCUT2D eigenvalue weighted by Gasteiger charge is -2.20. The molecule has 2 aliphatic rings. The molecule has 1 unspecified atom stereocenters. The van der Waals surface area contributed by atoms with Gasteiger partial charge in [-0.25, -0.2) is 4.79 Å². The minimum atomic E-state index is -1.52. The van der Waals surface area contributed by atoms with Gasteiger partial charge in [0.15, 0.2) is 0 Å². The van der Waals surface area contributed by atoms with Gasteiger partial charge in [-0.1, -0.05) is 32.0 Å². The van der Waals surface area contributed by atoms with Gasteiger partial charge in [-0.2, -0.15) is 0 Å². The highest BCUT2D eigenvalue weighted by Gasteiger charge is 2.88. The first-order valence-corrected chi connectivity index (χ1v) is 6.66. The van der Waals surface area contributed by atoms with E-state index in [9.17, 15) is 15.0 Å². The largest absolute Gasteiger partial charge is 0.459 e. The first-order valence-electron chi connectivity index (χ1n) is 6.66. The van der Waals surface area contributed by atoms with Gasteiger partial charge < -0.3 is 19.7 Å². The Bertz CT molecular complexity index is 520. The summed E-state index contributed by atoms with van der Waals surface area (Å²) in [6.07, 6.45) is -0.218. The smallest absolute Gasteiger partial charge is 0.338 e. The molecule has 2 fully saturated rings. The maximum absolute atomic E-state index is 11.8. The molecule has 5 nitrogen and oxygen atoms in total. The molecule has 20 heavy (non-hydrogen) atoms. The van der Waals surface area contributed by atoms with Crippen molar-refractivity contribution in [3.05, 3.63) is 35.9 Å². The van der Waals surface area contributed by atoms with Crippen molar-refractivity contribution in [3.63, 3.8) is 0 Å². The number of esters is 1. The van der Waals surface area contributed by atoms with Crippen LogP contribution in [0, 0.1) is 5.41 Å². The molecule has 1 saturated carbocycles. The molecule has 1 heterocycles. The quantitative estimate of drug-likeness (QED) is 0.810. The van der Waals surface area contributed by atoms with Crippen molar-refractivity contribution in [1.82, 2.24) is 0 Å². The summed E-state index contributed by atoms with van der Waals surface area (Å²) in [5.74, 6) is -1.96. The van der Waals surface area contributed by atoms with Crippen LogP contribution >= 0.6 is 0 Å². The molecular weight excluding hydrogens is 260 g/mol. The Kier molecular flexibility index (Phi) is 2.73. The van der Waals surface area contributed by atoms with E-state index in [-0.39, 0.29) is 13.0 Å². The number of ether oxygens (including phenoxy) is 2. The van der Waals surface area contributed by atoms with E-state index in [0.717, 1.165) is 0 Å². The number of benzene rings is 1. The van der Waals surface area contributed by atoms with Crippen LogP contribution in [0.1, 0.15) is 30.6 Å². The SMILES string of the molecule is CC1(C)C2(O)O[C@H](COC(=O)c3ccccc3)C[C@]12O. The summed E-state index contributed by atoms with van der Waals surface area (Å²) >= 11 is 0. The standard InChI is InChI=1S/C15H18O5/c1-13(2)14(17)8-11(20-15(13,14)18)9-19-12(16)10-6-4-3-5-7-10/h3-7,11,17-18H,8-9H2,1-2H3/t11-,14-,15?/m0/s1. The molecule has 0 aromatic heterocycles. The Balaban J connectivity index is 1.57. The van der Waals surface area contributed by atoms with Crippen LogP contribution in [0.5, 0.6) is 0 Å². The predicted octanol–water partition coefficient (Wildman–Crippen LogP) is 1.09. The number of hydrogen-bond acceptors (Lipinski definition) is 5. The number of hydrogen-bond donors (Lipinski definition) is 2. The molecule has 1 aromatic rings. The average molecular weight is 278 g/mol. The van der Waals surface area contributed by atoms with Crippen LogP contribution in [0.4, 0.5) is 0 Å². The molecule has 2 N–H and O–H groups in total. The second kappa shape index (κ2) is 4.04. The summed E-state index contributed by atoms with van der Waals surface area (Å²) in [5.41, 5.74) is -1.46. The van der Waals surface area contributed by atoms with Crippen LogP contribution in [0.15, 0.2) is 30.3 Å². The molecule has 5 heteroatoms. The number of fused-ring (bicyclic) bond motifs is 1. The zero-order valence-corrected chi connectivity index (χ0v) is 11.5. The zero-order chi connectivity index (χ0) is 14.6. The molecule has 3 atom stereocenters. The molecule has 0 bridgehead atoms. The number of carbonyl (C=O) groups is 1. The first kappa shape index (κ1) is 13.5. The lowest BCUT2D eigenvalue weighted by molar-refractivity contribution is -0.174. The Morgan fingerprint density at radius 3 is 2.55 bits per heavy atom. The van der Waals surface area contributed by atoms with Crippen LogP contribution in [-0.2, 0) is 9.47 Å². The van der Waals surface area contributed by atoms with Gasteiger partial charge in [0.2, 0.25) is 5.79 Å². The maximum Gasteiger partial charge on any atom is 0.338 e. The number of carbonyl (C=O) groups excluding carboxylic acids is 1. The van der Waals surface area contributed by atoms with Gasteiger partial charge in [0.25, 0.3) is 0 Å². The molecule has 1 aliphatic carbocycles. The lowest BCUT2D eigenvalue weighted by Crippen LogP contribution is -2.28. The molecule has 0 radical (unpaired) electrons. The van der Waals surface area contributed by atoms with Gasteiger partial charge in [-0.05, 0) is 12.1 Å². The number of aliphatic hydroxyl groups is 2. The number of rotatable bonds is 3. The summed E-state index contributed by atoms with van der Waals surface area (Å²) in [4.78, 5) is 11.8. The second-order valence-corrected chi connectivity index (χ2v) is 6.04. The third-order valence-electron chi connectivity index (χ3n) is 4.65. The molecule has 0 spiro atoms. The van der Waals surface area contributed by atoms with Crippen LogP contribution in [-0.4, -0.2) is 40.3 Å². The highest BCUT2D eigenvalue weighted by molar-refractivity contribution is 5.89. The van der Waals surface area contributed by atoms with Crippen molar-refractivity contribution in [2.75, 3.05) is 6.61 Å². The van der Waals surface area contributed by atoms with Gasteiger partial charge >= 0.3 is 5.97 Å². The normalized spacial score (nSPS) is 37.3. The van der Waals surface area contributed by atoms with Gasteiger partial charge in [-0.3, -0.25) is 0 Å². The monoisotopic (exact) mass is 278 g/mol. The Morgan fingerprint density at radius 2 is 2.00 bits per heavy atom. The Labute approximate surface area is 117 Å². The van der Waals surface area contributed by atoms with Crippen molar-refractivity contribution in [2.45, 2.75) is 37.8 Å². The van der Waals surface area contributed by atoms with E-state index in [1.54, 1.807) is 38.1 Å².